The number of hydrogen-bond acceptors (Lipinski definition) is 2. The summed E-state index contributed by atoms with van der Waals surface area (Å²) in [6.45, 7) is 0.960. The number of halogens is 1. The second-order valence-electron chi connectivity index (χ2n) is 4.63. The SMILES string of the molecule is N#Cc1c(Br)cccc1N1CCCc2ccccc21. The molecule has 1 aliphatic heterocycles. The molecule has 0 bridgehead atoms. The van der Waals surface area contributed by atoms with E-state index in [9.17, 15) is 5.26 Å². The summed E-state index contributed by atoms with van der Waals surface area (Å²) in [5.41, 5.74) is 4.28. The Morgan fingerprint density at radius 2 is 1.84 bits per heavy atom. The lowest BCUT2D eigenvalue weighted by Crippen LogP contribution is -2.25. The highest BCUT2D eigenvalue weighted by atomic mass is 79.9. The quantitative estimate of drug-likeness (QED) is 0.780. The van der Waals surface area contributed by atoms with Crippen LogP contribution in [0.3, 0.4) is 0 Å². The zero-order valence-electron chi connectivity index (χ0n) is 10.4. The van der Waals surface area contributed by atoms with E-state index < -0.39 is 0 Å². The van der Waals surface area contributed by atoms with Gasteiger partial charge in [-0.15, -0.1) is 0 Å². The average molecular weight is 313 g/mol. The molecule has 3 rings (SSSR count). The Balaban J connectivity index is 2.15. The largest absolute Gasteiger partial charge is 0.340 e. The first-order valence-corrected chi connectivity index (χ1v) is 7.14. The van der Waals surface area contributed by atoms with Gasteiger partial charge in [0.05, 0.1) is 11.3 Å². The van der Waals surface area contributed by atoms with E-state index in [1.807, 2.05) is 18.2 Å². The predicted octanol–water partition coefficient (Wildman–Crippen LogP) is 4.41. The van der Waals surface area contributed by atoms with Crippen LogP contribution in [-0.2, 0) is 6.42 Å². The summed E-state index contributed by atoms with van der Waals surface area (Å²) in [5, 5.41) is 9.37. The highest BCUT2D eigenvalue weighted by Gasteiger charge is 2.20. The maximum absolute atomic E-state index is 9.37. The number of nitriles is 1. The molecule has 1 aliphatic rings. The highest BCUT2D eigenvalue weighted by Crippen LogP contribution is 2.36. The molecule has 3 heteroatoms. The van der Waals surface area contributed by atoms with Gasteiger partial charge in [0.15, 0.2) is 0 Å². The zero-order chi connectivity index (χ0) is 13.2. The van der Waals surface area contributed by atoms with Crippen LogP contribution in [0.15, 0.2) is 46.9 Å². The fraction of sp³-hybridized carbons (Fsp3) is 0.188. The smallest absolute Gasteiger partial charge is 0.103 e. The van der Waals surface area contributed by atoms with Crippen molar-refractivity contribution in [3.05, 3.63) is 58.1 Å². The van der Waals surface area contributed by atoms with Gasteiger partial charge in [0, 0.05) is 16.7 Å². The number of nitrogens with zero attached hydrogens (tertiary/aromatic N) is 2. The minimum atomic E-state index is 0.708. The van der Waals surface area contributed by atoms with Crippen molar-refractivity contribution < 1.29 is 0 Å². The molecule has 0 unspecified atom stereocenters. The molecule has 94 valence electrons. The maximum atomic E-state index is 9.37. The molecule has 0 N–H and O–H groups in total. The van der Waals surface area contributed by atoms with Crippen molar-refractivity contribution in [2.45, 2.75) is 12.8 Å². The molecule has 2 nitrogen and oxygen atoms in total. The van der Waals surface area contributed by atoms with E-state index in [1.54, 1.807) is 0 Å². The highest BCUT2D eigenvalue weighted by molar-refractivity contribution is 9.10. The molecule has 2 aromatic carbocycles. The molecular weight excluding hydrogens is 300 g/mol. The zero-order valence-corrected chi connectivity index (χ0v) is 12.0. The Bertz CT molecular complexity index is 658. The first-order chi connectivity index (χ1) is 9.31. The number of para-hydroxylation sites is 1. The summed E-state index contributed by atoms with van der Waals surface area (Å²) in [6.07, 6.45) is 2.23. The van der Waals surface area contributed by atoms with Gasteiger partial charge in [0.2, 0.25) is 0 Å². The fourth-order valence-corrected chi connectivity index (χ4v) is 3.08. The molecule has 0 atom stereocenters. The Hall–Kier alpha value is -1.79. The molecule has 0 radical (unpaired) electrons. The Morgan fingerprint density at radius 3 is 2.68 bits per heavy atom. The molecule has 0 fully saturated rings. The van der Waals surface area contributed by atoms with Gasteiger partial charge in [0.1, 0.15) is 6.07 Å². The predicted molar refractivity (Wildman–Crippen MR) is 80.6 cm³/mol. The number of benzene rings is 2. The van der Waals surface area contributed by atoms with Crippen LogP contribution in [0, 0.1) is 11.3 Å². The third-order valence-electron chi connectivity index (χ3n) is 3.50. The van der Waals surface area contributed by atoms with Gasteiger partial charge in [-0.25, -0.2) is 0 Å². The Kier molecular flexibility index (Phi) is 3.27. The molecule has 0 aliphatic carbocycles. The lowest BCUT2D eigenvalue weighted by molar-refractivity contribution is 0.766. The minimum Gasteiger partial charge on any atom is -0.340 e. The number of aryl methyl sites for hydroxylation is 1. The minimum absolute atomic E-state index is 0.708. The van der Waals surface area contributed by atoms with Crippen LogP contribution in [0.5, 0.6) is 0 Å². The van der Waals surface area contributed by atoms with Crippen LogP contribution in [0.4, 0.5) is 11.4 Å². The van der Waals surface area contributed by atoms with E-state index in [0.717, 1.165) is 29.5 Å². The second-order valence-corrected chi connectivity index (χ2v) is 5.48. The summed E-state index contributed by atoms with van der Waals surface area (Å²) in [7, 11) is 0. The van der Waals surface area contributed by atoms with Gasteiger partial charge in [-0.1, -0.05) is 24.3 Å². The molecular formula is C16H13BrN2. The summed E-state index contributed by atoms with van der Waals surface area (Å²) in [5.74, 6) is 0. The van der Waals surface area contributed by atoms with Gasteiger partial charge in [-0.05, 0) is 52.5 Å². The molecule has 0 saturated carbocycles. The summed E-state index contributed by atoms with van der Waals surface area (Å²) in [6, 6.07) is 16.7. The molecule has 0 aromatic heterocycles. The molecule has 19 heavy (non-hydrogen) atoms. The van der Waals surface area contributed by atoms with Crippen molar-refractivity contribution in [2.24, 2.45) is 0 Å². The third kappa shape index (κ3) is 2.13. The topological polar surface area (TPSA) is 27.0 Å². The normalized spacial score (nSPS) is 13.8. The van der Waals surface area contributed by atoms with Crippen molar-refractivity contribution >= 4 is 27.3 Å². The van der Waals surface area contributed by atoms with Crippen molar-refractivity contribution in [3.8, 4) is 6.07 Å². The van der Waals surface area contributed by atoms with Crippen LogP contribution in [0.2, 0.25) is 0 Å². The Morgan fingerprint density at radius 1 is 1.05 bits per heavy atom. The van der Waals surface area contributed by atoms with Crippen molar-refractivity contribution in [3.63, 3.8) is 0 Å². The van der Waals surface area contributed by atoms with Gasteiger partial charge in [0.25, 0.3) is 0 Å². The van der Waals surface area contributed by atoms with Crippen molar-refractivity contribution in [1.82, 2.24) is 0 Å². The van der Waals surface area contributed by atoms with Crippen LogP contribution in [-0.4, -0.2) is 6.54 Å². The first kappa shape index (κ1) is 12.3. The number of rotatable bonds is 1. The van der Waals surface area contributed by atoms with Crippen LogP contribution in [0.1, 0.15) is 17.5 Å². The average Bonchev–Trinajstić information content (AvgIpc) is 2.46. The number of fused-ring (bicyclic) bond motifs is 1. The van der Waals surface area contributed by atoms with Gasteiger partial charge in [-0.3, -0.25) is 0 Å². The molecule has 1 heterocycles. The van der Waals surface area contributed by atoms with Crippen LogP contribution >= 0.6 is 15.9 Å². The standard InChI is InChI=1S/C16H13BrN2/c17-14-7-3-9-16(13(14)11-18)19-10-4-6-12-5-1-2-8-15(12)19/h1-3,5,7-9H,4,6,10H2. The summed E-state index contributed by atoms with van der Waals surface area (Å²) < 4.78 is 0.857. The molecule has 0 saturated heterocycles. The monoisotopic (exact) mass is 312 g/mol. The first-order valence-electron chi connectivity index (χ1n) is 6.35. The van der Waals surface area contributed by atoms with E-state index >= 15 is 0 Å². The maximum Gasteiger partial charge on any atom is 0.103 e. The van der Waals surface area contributed by atoms with E-state index in [0.29, 0.717) is 5.56 Å². The van der Waals surface area contributed by atoms with Crippen molar-refractivity contribution in [1.29, 1.82) is 5.26 Å². The second kappa shape index (κ2) is 5.07. The number of hydrogen-bond donors (Lipinski definition) is 0. The van der Waals surface area contributed by atoms with Gasteiger partial charge >= 0.3 is 0 Å². The summed E-state index contributed by atoms with van der Waals surface area (Å²) in [4.78, 5) is 2.25. The summed E-state index contributed by atoms with van der Waals surface area (Å²) >= 11 is 3.46. The van der Waals surface area contributed by atoms with Gasteiger partial charge in [-0.2, -0.15) is 5.26 Å². The molecule has 2 aromatic rings. The number of anilines is 2. The van der Waals surface area contributed by atoms with E-state index in [-0.39, 0.29) is 0 Å². The van der Waals surface area contributed by atoms with Crippen molar-refractivity contribution in [2.75, 3.05) is 11.4 Å². The lowest BCUT2D eigenvalue weighted by atomic mass is 10.0. The lowest BCUT2D eigenvalue weighted by Gasteiger charge is -2.32. The molecule has 0 spiro atoms. The molecule has 0 amide bonds. The van der Waals surface area contributed by atoms with E-state index in [1.165, 1.54) is 11.3 Å². The van der Waals surface area contributed by atoms with Crippen LogP contribution < -0.4 is 4.90 Å². The van der Waals surface area contributed by atoms with E-state index in [2.05, 4.69) is 51.2 Å². The van der Waals surface area contributed by atoms with Gasteiger partial charge < -0.3 is 4.90 Å². The van der Waals surface area contributed by atoms with Crippen LogP contribution in [0.25, 0.3) is 0 Å². The third-order valence-corrected chi connectivity index (χ3v) is 4.17. The van der Waals surface area contributed by atoms with E-state index in [4.69, 9.17) is 0 Å². The fourth-order valence-electron chi connectivity index (χ4n) is 2.63. The Labute approximate surface area is 121 Å².